The number of hydrogen-bond acceptors (Lipinski definition) is 4. The SMILES string of the molecule is Clc1ccc(Oc2ccccc2)c(NC2=NCCCS2)c1. The molecule has 0 unspecified atom stereocenters. The van der Waals surface area contributed by atoms with E-state index in [4.69, 9.17) is 16.3 Å². The van der Waals surface area contributed by atoms with Crippen LogP contribution in [0.2, 0.25) is 5.02 Å². The van der Waals surface area contributed by atoms with Crippen LogP contribution in [0.3, 0.4) is 0 Å². The summed E-state index contributed by atoms with van der Waals surface area (Å²) in [5, 5.41) is 4.90. The molecule has 1 N–H and O–H groups in total. The maximum Gasteiger partial charge on any atom is 0.161 e. The van der Waals surface area contributed by atoms with Crippen LogP contribution in [0, 0.1) is 0 Å². The average molecular weight is 319 g/mol. The Morgan fingerprint density at radius 3 is 2.76 bits per heavy atom. The van der Waals surface area contributed by atoms with E-state index in [9.17, 15) is 0 Å². The fourth-order valence-corrected chi connectivity index (χ4v) is 2.96. The Hall–Kier alpha value is -1.65. The Kier molecular flexibility index (Phi) is 4.68. The molecule has 3 rings (SSSR count). The second kappa shape index (κ2) is 6.87. The molecule has 0 saturated heterocycles. The van der Waals surface area contributed by atoms with Crippen molar-refractivity contribution in [2.24, 2.45) is 4.99 Å². The van der Waals surface area contributed by atoms with Crippen molar-refractivity contribution in [2.45, 2.75) is 6.42 Å². The predicted molar refractivity (Wildman–Crippen MR) is 91.0 cm³/mol. The zero-order valence-corrected chi connectivity index (χ0v) is 13.0. The minimum atomic E-state index is 0.666. The van der Waals surface area contributed by atoms with E-state index < -0.39 is 0 Å². The highest BCUT2D eigenvalue weighted by Gasteiger charge is 2.11. The summed E-state index contributed by atoms with van der Waals surface area (Å²) in [4.78, 5) is 4.47. The maximum absolute atomic E-state index is 6.10. The molecule has 5 heteroatoms. The van der Waals surface area contributed by atoms with Gasteiger partial charge in [-0.2, -0.15) is 0 Å². The second-order valence-electron chi connectivity index (χ2n) is 4.57. The molecule has 0 atom stereocenters. The van der Waals surface area contributed by atoms with Gasteiger partial charge in [0, 0.05) is 17.3 Å². The third-order valence-corrected chi connectivity index (χ3v) is 4.18. The summed E-state index contributed by atoms with van der Waals surface area (Å²) < 4.78 is 5.92. The molecule has 1 aliphatic rings. The van der Waals surface area contributed by atoms with Crippen molar-refractivity contribution >= 4 is 34.2 Å². The van der Waals surface area contributed by atoms with Crippen molar-refractivity contribution in [2.75, 3.05) is 17.6 Å². The Morgan fingerprint density at radius 2 is 2.00 bits per heavy atom. The molecule has 0 saturated carbocycles. The van der Waals surface area contributed by atoms with Gasteiger partial charge in [-0.05, 0) is 36.8 Å². The average Bonchev–Trinajstić information content (AvgIpc) is 2.52. The van der Waals surface area contributed by atoms with E-state index in [2.05, 4.69) is 10.3 Å². The first kappa shape index (κ1) is 14.3. The molecule has 0 aliphatic carbocycles. The molecule has 0 aromatic heterocycles. The summed E-state index contributed by atoms with van der Waals surface area (Å²) in [5.74, 6) is 2.61. The first-order valence-electron chi connectivity index (χ1n) is 6.78. The maximum atomic E-state index is 6.10. The number of ether oxygens (including phenoxy) is 1. The van der Waals surface area contributed by atoms with Gasteiger partial charge in [-0.3, -0.25) is 4.99 Å². The number of aliphatic imine (C=N–C) groups is 1. The van der Waals surface area contributed by atoms with Gasteiger partial charge in [0.1, 0.15) is 5.75 Å². The molecule has 3 nitrogen and oxygen atoms in total. The monoisotopic (exact) mass is 318 g/mol. The molecule has 0 radical (unpaired) electrons. The lowest BCUT2D eigenvalue weighted by atomic mass is 10.3. The van der Waals surface area contributed by atoms with Crippen LogP contribution in [0.1, 0.15) is 6.42 Å². The van der Waals surface area contributed by atoms with E-state index in [0.717, 1.165) is 41.1 Å². The first-order valence-corrected chi connectivity index (χ1v) is 8.14. The van der Waals surface area contributed by atoms with Crippen LogP contribution in [0.5, 0.6) is 11.5 Å². The lowest BCUT2D eigenvalue weighted by Crippen LogP contribution is -2.13. The normalized spacial score (nSPS) is 14.4. The Balaban J connectivity index is 1.84. The van der Waals surface area contributed by atoms with Crippen molar-refractivity contribution in [1.29, 1.82) is 0 Å². The second-order valence-corrected chi connectivity index (χ2v) is 6.09. The third kappa shape index (κ3) is 3.93. The third-order valence-electron chi connectivity index (χ3n) is 2.95. The number of thioether (sulfide) groups is 1. The van der Waals surface area contributed by atoms with Gasteiger partial charge in [0.15, 0.2) is 10.9 Å². The van der Waals surface area contributed by atoms with E-state index in [-0.39, 0.29) is 0 Å². The molecule has 2 aromatic rings. The number of halogens is 1. The van der Waals surface area contributed by atoms with Crippen molar-refractivity contribution in [3.05, 3.63) is 53.6 Å². The summed E-state index contributed by atoms with van der Waals surface area (Å²) >= 11 is 7.81. The molecule has 0 spiro atoms. The number of nitrogens with zero attached hydrogens (tertiary/aromatic N) is 1. The Morgan fingerprint density at radius 1 is 1.14 bits per heavy atom. The number of nitrogens with one attached hydrogen (secondary N) is 1. The molecule has 0 fully saturated rings. The van der Waals surface area contributed by atoms with Crippen molar-refractivity contribution in [3.8, 4) is 11.5 Å². The van der Waals surface area contributed by atoms with Gasteiger partial charge in [-0.15, -0.1) is 0 Å². The lowest BCUT2D eigenvalue weighted by molar-refractivity contribution is 0.485. The summed E-state index contributed by atoms with van der Waals surface area (Å²) in [7, 11) is 0. The van der Waals surface area contributed by atoms with Crippen LogP contribution >= 0.6 is 23.4 Å². The highest BCUT2D eigenvalue weighted by Crippen LogP contribution is 2.33. The zero-order chi connectivity index (χ0) is 14.5. The predicted octanol–water partition coefficient (Wildman–Crippen LogP) is 5.04. The van der Waals surface area contributed by atoms with Crippen molar-refractivity contribution in [3.63, 3.8) is 0 Å². The molecular weight excluding hydrogens is 304 g/mol. The number of benzene rings is 2. The van der Waals surface area contributed by atoms with Crippen LogP contribution in [-0.2, 0) is 0 Å². The molecule has 0 amide bonds. The van der Waals surface area contributed by atoms with Crippen LogP contribution in [0.4, 0.5) is 5.69 Å². The van der Waals surface area contributed by atoms with Crippen LogP contribution in [0.15, 0.2) is 53.5 Å². The van der Waals surface area contributed by atoms with Gasteiger partial charge in [0.2, 0.25) is 0 Å². The van der Waals surface area contributed by atoms with Gasteiger partial charge in [-0.1, -0.05) is 41.6 Å². The van der Waals surface area contributed by atoms with Crippen molar-refractivity contribution < 1.29 is 4.74 Å². The Bertz CT molecular complexity index is 646. The van der Waals surface area contributed by atoms with Gasteiger partial charge in [0.25, 0.3) is 0 Å². The first-order chi connectivity index (χ1) is 10.3. The van der Waals surface area contributed by atoms with Crippen LogP contribution in [0.25, 0.3) is 0 Å². The summed E-state index contributed by atoms with van der Waals surface area (Å²) in [6, 6.07) is 15.2. The largest absolute Gasteiger partial charge is 0.455 e. The van der Waals surface area contributed by atoms with Gasteiger partial charge in [-0.25, -0.2) is 0 Å². The zero-order valence-electron chi connectivity index (χ0n) is 11.4. The minimum Gasteiger partial charge on any atom is -0.455 e. The molecule has 21 heavy (non-hydrogen) atoms. The summed E-state index contributed by atoms with van der Waals surface area (Å²) in [5.41, 5.74) is 0.833. The summed E-state index contributed by atoms with van der Waals surface area (Å²) in [6.45, 7) is 0.866. The number of anilines is 1. The van der Waals surface area contributed by atoms with Gasteiger partial charge in [0.05, 0.1) is 5.69 Å². The van der Waals surface area contributed by atoms with E-state index in [1.165, 1.54) is 0 Å². The Labute approximate surface area is 133 Å². The van der Waals surface area contributed by atoms with Gasteiger partial charge < -0.3 is 10.1 Å². The standard InChI is InChI=1S/C16H15ClN2OS/c17-12-7-8-15(20-13-5-2-1-3-6-13)14(11-12)19-16-18-9-4-10-21-16/h1-3,5-8,11H,4,9-10H2,(H,18,19). The summed E-state index contributed by atoms with van der Waals surface area (Å²) in [6.07, 6.45) is 1.12. The van der Waals surface area contributed by atoms with Crippen LogP contribution < -0.4 is 10.1 Å². The number of amidine groups is 1. The number of hydrogen-bond donors (Lipinski definition) is 1. The van der Waals surface area contributed by atoms with E-state index in [1.54, 1.807) is 11.8 Å². The molecular formula is C16H15ClN2OS. The fourth-order valence-electron chi connectivity index (χ4n) is 1.95. The van der Waals surface area contributed by atoms with E-state index >= 15 is 0 Å². The fraction of sp³-hybridized carbons (Fsp3) is 0.188. The number of para-hydroxylation sites is 1. The highest BCUT2D eigenvalue weighted by atomic mass is 35.5. The molecule has 1 aliphatic heterocycles. The molecule has 2 aromatic carbocycles. The molecule has 1 heterocycles. The van der Waals surface area contributed by atoms with E-state index in [0.29, 0.717) is 5.02 Å². The smallest absolute Gasteiger partial charge is 0.161 e. The molecule has 0 bridgehead atoms. The van der Waals surface area contributed by atoms with Crippen molar-refractivity contribution in [1.82, 2.24) is 0 Å². The lowest BCUT2D eigenvalue weighted by Gasteiger charge is -2.16. The molecule has 108 valence electrons. The topological polar surface area (TPSA) is 33.6 Å². The quantitative estimate of drug-likeness (QED) is 0.861. The van der Waals surface area contributed by atoms with Crippen LogP contribution in [-0.4, -0.2) is 17.5 Å². The number of rotatable bonds is 3. The van der Waals surface area contributed by atoms with Gasteiger partial charge >= 0.3 is 0 Å². The highest BCUT2D eigenvalue weighted by molar-refractivity contribution is 8.14. The van der Waals surface area contributed by atoms with E-state index in [1.807, 2.05) is 48.5 Å². The minimum absolute atomic E-state index is 0.666.